The fraction of sp³-hybridized carbons (Fsp3) is 0.538. The lowest BCUT2D eigenvalue weighted by Crippen LogP contribution is -2.42. The average Bonchev–Trinajstić information content (AvgIpc) is 2.69. The van der Waals surface area contributed by atoms with Gasteiger partial charge in [0.25, 0.3) is 0 Å². The van der Waals surface area contributed by atoms with E-state index < -0.39 is 0 Å². The van der Waals surface area contributed by atoms with Gasteiger partial charge in [0.15, 0.2) is 0 Å². The van der Waals surface area contributed by atoms with Crippen LogP contribution in [0.5, 0.6) is 0 Å². The molecule has 15 heavy (non-hydrogen) atoms. The van der Waals surface area contributed by atoms with E-state index in [2.05, 4.69) is 42.7 Å². The van der Waals surface area contributed by atoms with Crippen molar-refractivity contribution in [2.75, 3.05) is 7.05 Å². The molecule has 0 spiro atoms. The maximum atomic E-state index is 3.53. The zero-order valence-corrected chi connectivity index (χ0v) is 10.1. The molecular weight excluding hydrogens is 206 g/mol. The number of halogens is 1. The van der Waals surface area contributed by atoms with Gasteiger partial charge in [0.05, 0.1) is 0 Å². The highest BCUT2D eigenvalue weighted by molar-refractivity contribution is 5.85. The smallest absolute Gasteiger partial charge is 0.0218 e. The lowest BCUT2D eigenvalue weighted by atomic mass is 9.89. The van der Waals surface area contributed by atoms with Gasteiger partial charge in [-0.05, 0) is 31.9 Å². The standard InChI is InChI=1S/C13H19N.ClH/c1-14-13(9-5-6-10-13)11-12-7-3-2-4-8-12;/h2-4,7-8,14H,5-6,9-11H2,1H3;1H. The molecule has 1 saturated carbocycles. The van der Waals surface area contributed by atoms with Crippen LogP contribution < -0.4 is 5.32 Å². The van der Waals surface area contributed by atoms with Gasteiger partial charge < -0.3 is 5.32 Å². The molecule has 1 fully saturated rings. The van der Waals surface area contributed by atoms with Crippen LogP contribution in [0.25, 0.3) is 0 Å². The van der Waals surface area contributed by atoms with Gasteiger partial charge in [0.1, 0.15) is 0 Å². The maximum absolute atomic E-state index is 3.53. The Balaban J connectivity index is 0.00000112. The van der Waals surface area contributed by atoms with Gasteiger partial charge in [0.2, 0.25) is 0 Å². The Kier molecular flexibility index (Phi) is 4.62. The summed E-state index contributed by atoms with van der Waals surface area (Å²) in [6, 6.07) is 10.8. The molecule has 1 aliphatic rings. The van der Waals surface area contributed by atoms with Crippen LogP contribution in [0.2, 0.25) is 0 Å². The summed E-state index contributed by atoms with van der Waals surface area (Å²) in [5.41, 5.74) is 1.85. The van der Waals surface area contributed by atoms with Crippen molar-refractivity contribution >= 4 is 12.4 Å². The van der Waals surface area contributed by atoms with E-state index in [-0.39, 0.29) is 12.4 Å². The molecular formula is C13H20ClN. The van der Waals surface area contributed by atoms with Crippen molar-refractivity contribution in [1.82, 2.24) is 5.32 Å². The van der Waals surface area contributed by atoms with E-state index in [9.17, 15) is 0 Å². The molecule has 2 rings (SSSR count). The van der Waals surface area contributed by atoms with Crippen LogP contribution in [0.4, 0.5) is 0 Å². The van der Waals surface area contributed by atoms with Gasteiger partial charge in [0, 0.05) is 5.54 Å². The van der Waals surface area contributed by atoms with Gasteiger partial charge in [-0.2, -0.15) is 0 Å². The van der Waals surface area contributed by atoms with E-state index in [4.69, 9.17) is 0 Å². The van der Waals surface area contributed by atoms with Gasteiger partial charge in [-0.15, -0.1) is 12.4 Å². The fourth-order valence-electron chi connectivity index (χ4n) is 2.55. The molecule has 84 valence electrons. The highest BCUT2D eigenvalue weighted by Gasteiger charge is 2.31. The van der Waals surface area contributed by atoms with Crippen molar-refractivity contribution < 1.29 is 0 Å². The Bertz CT molecular complexity index is 278. The van der Waals surface area contributed by atoms with Crippen LogP contribution in [0.3, 0.4) is 0 Å². The summed E-state index contributed by atoms with van der Waals surface area (Å²) in [7, 11) is 2.11. The average molecular weight is 226 g/mol. The number of nitrogens with one attached hydrogen (secondary N) is 1. The monoisotopic (exact) mass is 225 g/mol. The molecule has 0 bridgehead atoms. The van der Waals surface area contributed by atoms with Crippen molar-refractivity contribution in [3.8, 4) is 0 Å². The topological polar surface area (TPSA) is 12.0 Å². The number of hydrogen-bond acceptors (Lipinski definition) is 1. The predicted octanol–water partition coefficient (Wildman–Crippen LogP) is 3.18. The highest BCUT2D eigenvalue weighted by atomic mass is 35.5. The third-order valence-electron chi connectivity index (χ3n) is 3.48. The second-order valence-corrected chi connectivity index (χ2v) is 4.40. The number of rotatable bonds is 3. The quantitative estimate of drug-likeness (QED) is 0.833. The maximum Gasteiger partial charge on any atom is 0.0218 e. The Labute approximate surface area is 98.7 Å². The van der Waals surface area contributed by atoms with E-state index in [1.807, 2.05) is 0 Å². The van der Waals surface area contributed by atoms with Gasteiger partial charge >= 0.3 is 0 Å². The van der Waals surface area contributed by atoms with Crippen LogP contribution in [0, 0.1) is 0 Å². The van der Waals surface area contributed by atoms with Crippen molar-refractivity contribution in [2.45, 2.75) is 37.6 Å². The van der Waals surface area contributed by atoms with Crippen LogP contribution in [0.15, 0.2) is 30.3 Å². The third kappa shape index (κ3) is 2.96. The number of benzene rings is 1. The molecule has 1 N–H and O–H groups in total. The first kappa shape index (κ1) is 12.5. The first-order chi connectivity index (χ1) is 6.85. The van der Waals surface area contributed by atoms with Crippen molar-refractivity contribution in [3.05, 3.63) is 35.9 Å². The molecule has 1 aromatic rings. The second kappa shape index (κ2) is 5.53. The predicted molar refractivity (Wildman–Crippen MR) is 67.7 cm³/mol. The zero-order valence-electron chi connectivity index (χ0n) is 9.33. The minimum Gasteiger partial charge on any atom is -0.314 e. The minimum atomic E-state index is 0. The molecule has 1 aromatic carbocycles. The van der Waals surface area contributed by atoms with Crippen LogP contribution >= 0.6 is 12.4 Å². The molecule has 0 radical (unpaired) electrons. The van der Waals surface area contributed by atoms with Gasteiger partial charge in [-0.1, -0.05) is 43.2 Å². The SMILES string of the molecule is CNC1(Cc2ccccc2)CCCC1.Cl. The second-order valence-electron chi connectivity index (χ2n) is 4.40. The van der Waals surface area contributed by atoms with Crippen LogP contribution in [-0.2, 0) is 6.42 Å². The Hall–Kier alpha value is -0.530. The normalized spacial score (nSPS) is 18.5. The van der Waals surface area contributed by atoms with Crippen LogP contribution in [-0.4, -0.2) is 12.6 Å². The van der Waals surface area contributed by atoms with E-state index >= 15 is 0 Å². The van der Waals surface area contributed by atoms with Crippen molar-refractivity contribution in [1.29, 1.82) is 0 Å². The highest BCUT2D eigenvalue weighted by Crippen LogP contribution is 2.32. The minimum absolute atomic E-state index is 0. The fourth-order valence-corrected chi connectivity index (χ4v) is 2.55. The van der Waals surface area contributed by atoms with E-state index in [1.165, 1.54) is 37.7 Å². The summed E-state index contributed by atoms with van der Waals surface area (Å²) in [5, 5.41) is 3.53. The molecule has 0 aromatic heterocycles. The van der Waals surface area contributed by atoms with Crippen molar-refractivity contribution in [3.63, 3.8) is 0 Å². The molecule has 0 aliphatic heterocycles. The Morgan fingerprint density at radius 3 is 2.27 bits per heavy atom. The summed E-state index contributed by atoms with van der Waals surface area (Å²) >= 11 is 0. The lowest BCUT2D eigenvalue weighted by molar-refractivity contribution is 0.357. The number of likely N-dealkylation sites (N-methyl/N-ethyl adjacent to an activating group) is 1. The Morgan fingerprint density at radius 1 is 1.13 bits per heavy atom. The molecule has 1 aliphatic carbocycles. The summed E-state index contributed by atoms with van der Waals surface area (Å²) in [6.45, 7) is 0. The molecule has 0 heterocycles. The summed E-state index contributed by atoms with van der Waals surface area (Å²) in [4.78, 5) is 0. The molecule has 1 nitrogen and oxygen atoms in total. The summed E-state index contributed by atoms with van der Waals surface area (Å²) < 4.78 is 0. The first-order valence-electron chi connectivity index (χ1n) is 5.57. The molecule has 2 heteroatoms. The third-order valence-corrected chi connectivity index (χ3v) is 3.48. The van der Waals surface area contributed by atoms with Gasteiger partial charge in [-0.25, -0.2) is 0 Å². The zero-order chi connectivity index (χ0) is 9.86. The molecule has 0 atom stereocenters. The van der Waals surface area contributed by atoms with E-state index in [1.54, 1.807) is 0 Å². The summed E-state index contributed by atoms with van der Waals surface area (Å²) in [5.74, 6) is 0. The molecule has 0 amide bonds. The summed E-state index contributed by atoms with van der Waals surface area (Å²) in [6.07, 6.45) is 6.61. The number of hydrogen-bond donors (Lipinski definition) is 1. The largest absolute Gasteiger partial charge is 0.314 e. The van der Waals surface area contributed by atoms with E-state index in [0.717, 1.165) is 0 Å². The van der Waals surface area contributed by atoms with E-state index in [0.29, 0.717) is 5.54 Å². The first-order valence-corrected chi connectivity index (χ1v) is 5.57. The van der Waals surface area contributed by atoms with Gasteiger partial charge in [-0.3, -0.25) is 0 Å². The molecule has 0 saturated heterocycles. The Morgan fingerprint density at radius 2 is 1.73 bits per heavy atom. The lowest BCUT2D eigenvalue weighted by Gasteiger charge is -2.28. The molecule has 0 unspecified atom stereocenters. The van der Waals surface area contributed by atoms with Crippen LogP contribution in [0.1, 0.15) is 31.2 Å². The van der Waals surface area contributed by atoms with Crippen molar-refractivity contribution in [2.24, 2.45) is 0 Å².